The van der Waals surface area contributed by atoms with Gasteiger partial charge in [-0.3, -0.25) is 14.6 Å². The summed E-state index contributed by atoms with van der Waals surface area (Å²) < 4.78 is 0. The van der Waals surface area contributed by atoms with Crippen LogP contribution in [0.15, 0.2) is 53.0 Å². The number of allylic oxidation sites excluding steroid dienone is 5. The molecule has 0 aromatic heterocycles. The molecule has 33 heavy (non-hydrogen) atoms. The van der Waals surface area contributed by atoms with Gasteiger partial charge in [-0.15, -0.1) is 11.6 Å². The Bertz CT molecular complexity index is 957. The van der Waals surface area contributed by atoms with Crippen molar-refractivity contribution in [2.24, 2.45) is 16.8 Å². The van der Waals surface area contributed by atoms with Crippen LogP contribution in [-0.4, -0.2) is 71.2 Å². The molecule has 3 N–H and O–H groups in total. The van der Waals surface area contributed by atoms with Crippen molar-refractivity contribution in [2.45, 2.75) is 49.8 Å². The number of likely N-dealkylation sites (tertiary alicyclic amines) is 1. The highest BCUT2D eigenvalue weighted by molar-refractivity contribution is 6.22. The number of amides is 2. The molecule has 4 heterocycles. The summed E-state index contributed by atoms with van der Waals surface area (Å²) in [6.45, 7) is 3.72. The van der Waals surface area contributed by atoms with Crippen LogP contribution in [-0.2, 0) is 9.59 Å². The Morgan fingerprint density at radius 2 is 2.15 bits per heavy atom. The lowest BCUT2D eigenvalue weighted by atomic mass is 9.81. The Kier molecular flexibility index (Phi) is 6.19. The molecule has 2 amide bonds. The Morgan fingerprint density at radius 3 is 2.94 bits per heavy atom. The summed E-state index contributed by atoms with van der Waals surface area (Å²) in [7, 11) is 0. The average Bonchev–Trinajstić information content (AvgIpc) is 3.47. The molecule has 8 nitrogen and oxygen atoms in total. The molecule has 0 aromatic rings. The van der Waals surface area contributed by atoms with Crippen molar-refractivity contribution in [1.82, 2.24) is 25.8 Å². The summed E-state index contributed by atoms with van der Waals surface area (Å²) in [6.07, 6.45) is 15.8. The number of fused-ring (bicyclic) bond motifs is 1. The third kappa shape index (κ3) is 4.53. The maximum atomic E-state index is 13.6. The molecule has 4 unspecified atom stereocenters. The molecule has 5 rings (SSSR count). The van der Waals surface area contributed by atoms with Gasteiger partial charge in [-0.25, -0.2) is 0 Å². The maximum Gasteiger partial charge on any atom is 0.263 e. The van der Waals surface area contributed by atoms with Crippen LogP contribution in [0.3, 0.4) is 0 Å². The van der Waals surface area contributed by atoms with Crippen LogP contribution < -0.4 is 16.0 Å². The van der Waals surface area contributed by atoms with E-state index < -0.39 is 6.17 Å². The van der Waals surface area contributed by atoms with Crippen LogP contribution in [0.25, 0.3) is 0 Å². The summed E-state index contributed by atoms with van der Waals surface area (Å²) in [5.74, 6) is 0.0296. The fraction of sp³-hybridized carbons (Fsp3) is 0.542. The smallest absolute Gasteiger partial charge is 0.263 e. The van der Waals surface area contributed by atoms with E-state index in [1.54, 1.807) is 6.20 Å². The second-order valence-electron chi connectivity index (χ2n) is 9.41. The molecule has 0 bridgehead atoms. The van der Waals surface area contributed by atoms with E-state index in [2.05, 4.69) is 39.2 Å². The van der Waals surface area contributed by atoms with Crippen LogP contribution in [0.1, 0.15) is 26.2 Å². The topological polar surface area (TPSA) is 89.1 Å². The molecule has 0 aromatic carbocycles. The zero-order chi connectivity index (χ0) is 22.9. The number of alkyl halides is 1. The van der Waals surface area contributed by atoms with Crippen LogP contribution in [0.4, 0.5) is 0 Å². The van der Waals surface area contributed by atoms with Crippen LogP contribution in [0.2, 0.25) is 0 Å². The first kappa shape index (κ1) is 22.1. The first-order valence-electron chi connectivity index (χ1n) is 11.7. The molecule has 5 aliphatic rings. The number of hydrogen-bond acceptors (Lipinski definition) is 6. The van der Waals surface area contributed by atoms with Crippen molar-refractivity contribution in [2.75, 3.05) is 19.6 Å². The van der Waals surface area contributed by atoms with Crippen LogP contribution >= 0.6 is 11.6 Å². The minimum Gasteiger partial charge on any atom is -0.362 e. The van der Waals surface area contributed by atoms with E-state index in [9.17, 15) is 9.59 Å². The number of nitrogens with one attached hydrogen (secondary N) is 3. The van der Waals surface area contributed by atoms with Gasteiger partial charge in [0.2, 0.25) is 5.91 Å². The van der Waals surface area contributed by atoms with Gasteiger partial charge in [-0.05, 0) is 31.8 Å². The quantitative estimate of drug-likeness (QED) is 0.541. The molecule has 1 saturated heterocycles. The number of nitrogens with zero attached hydrogens (tertiary/aromatic N) is 3. The highest BCUT2D eigenvalue weighted by atomic mass is 35.5. The largest absolute Gasteiger partial charge is 0.362 e. The standard InChI is InChI=1S/C24H31ClN6O2/c1-15-11-27-22(28-15)23(32)29-20-13-30(9-7-18(20)16-4-2-5-17(25)10-16)24(33)19-6-3-8-31-14-26-12-21(19)31/h2-4,8,10-11,14,17-22,27-28H,5-7,9,12-13H2,1H3,(H,29,32)/t17?,18-,19?,20+,21?,22?/m0/s1. The van der Waals surface area contributed by atoms with Gasteiger partial charge in [0.15, 0.2) is 6.17 Å². The summed E-state index contributed by atoms with van der Waals surface area (Å²) in [5.41, 5.74) is 2.07. The van der Waals surface area contributed by atoms with E-state index in [4.69, 9.17) is 11.6 Å². The molecule has 9 heteroatoms. The lowest BCUT2D eigenvalue weighted by molar-refractivity contribution is -0.140. The molecule has 1 fully saturated rings. The third-order valence-corrected chi connectivity index (χ3v) is 7.47. The van der Waals surface area contributed by atoms with E-state index in [0.29, 0.717) is 19.6 Å². The molecule has 0 radical (unpaired) electrons. The van der Waals surface area contributed by atoms with E-state index >= 15 is 0 Å². The Hall–Kier alpha value is -2.74. The lowest BCUT2D eigenvalue weighted by Crippen LogP contribution is -2.60. The van der Waals surface area contributed by atoms with Crippen molar-refractivity contribution in [1.29, 1.82) is 0 Å². The van der Waals surface area contributed by atoms with Crippen LogP contribution in [0.5, 0.6) is 0 Å². The number of hydrogen-bond donors (Lipinski definition) is 3. The monoisotopic (exact) mass is 470 g/mol. The molecule has 0 saturated carbocycles. The molecule has 6 atom stereocenters. The summed E-state index contributed by atoms with van der Waals surface area (Å²) in [6, 6.07) is -0.0946. The fourth-order valence-corrected chi connectivity index (χ4v) is 5.69. The molecule has 0 spiro atoms. The summed E-state index contributed by atoms with van der Waals surface area (Å²) in [4.78, 5) is 34.9. The number of piperidine rings is 1. The number of halogens is 1. The van der Waals surface area contributed by atoms with Gasteiger partial charge in [-0.1, -0.05) is 24.3 Å². The van der Waals surface area contributed by atoms with Gasteiger partial charge in [0.1, 0.15) is 0 Å². The highest BCUT2D eigenvalue weighted by Gasteiger charge is 2.41. The molecule has 1 aliphatic carbocycles. The molecule has 4 aliphatic heterocycles. The molecular weight excluding hydrogens is 440 g/mol. The second-order valence-corrected chi connectivity index (χ2v) is 9.97. The van der Waals surface area contributed by atoms with Gasteiger partial charge < -0.3 is 25.8 Å². The zero-order valence-electron chi connectivity index (χ0n) is 18.8. The zero-order valence-corrected chi connectivity index (χ0v) is 19.5. The normalized spacial score (nSPS) is 34.8. The predicted octanol–water partition coefficient (Wildman–Crippen LogP) is 1.44. The van der Waals surface area contributed by atoms with Gasteiger partial charge in [0.25, 0.3) is 5.91 Å². The molecule has 176 valence electrons. The van der Waals surface area contributed by atoms with E-state index in [1.807, 2.05) is 35.3 Å². The van der Waals surface area contributed by atoms with Crippen molar-refractivity contribution >= 4 is 29.8 Å². The second kappa shape index (κ2) is 9.25. The Balaban J connectivity index is 1.32. The van der Waals surface area contributed by atoms with Crippen molar-refractivity contribution < 1.29 is 9.59 Å². The van der Waals surface area contributed by atoms with Gasteiger partial charge >= 0.3 is 0 Å². The van der Waals surface area contributed by atoms with Gasteiger partial charge in [-0.2, -0.15) is 0 Å². The number of aliphatic imine (C=N–C) groups is 1. The van der Waals surface area contributed by atoms with E-state index in [0.717, 1.165) is 30.5 Å². The summed E-state index contributed by atoms with van der Waals surface area (Å²) >= 11 is 6.41. The number of carbonyl (C=O) groups excluding carboxylic acids is 2. The van der Waals surface area contributed by atoms with Gasteiger partial charge in [0.05, 0.1) is 36.3 Å². The third-order valence-electron chi connectivity index (χ3n) is 7.17. The Labute approximate surface area is 199 Å². The number of rotatable bonds is 4. The maximum absolute atomic E-state index is 13.6. The molecular formula is C24H31ClN6O2. The minimum absolute atomic E-state index is 0.0339. The summed E-state index contributed by atoms with van der Waals surface area (Å²) in [5, 5.41) is 9.39. The van der Waals surface area contributed by atoms with Crippen LogP contribution in [0, 0.1) is 11.8 Å². The first-order valence-corrected chi connectivity index (χ1v) is 12.2. The number of carbonyl (C=O) groups is 2. The van der Waals surface area contributed by atoms with Crippen molar-refractivity contribution in [3.8, 4) is 0 Å². The fourth-order valence-electron chi connectivity index (χ4n) is 5.44. The average molecular weight is 471 g/mol. The first-order chi connectivity index (χ1) is 16.0. The van der Waals surface area contributed by atoms with Gasteiger partial charge in [0, 0.05) is 37.1 Å². The van der Waals surface area contributed by atoms with Crippen molar-refractivity contribution in [3.05, 3.63) is 48.0 Å². The SMILES string of the molecule is CC1=CNC(C(=O)N[C@@H]2CN(C(=O)C3CC=CN4C=NCC34)CC[C@H]2C2=CC(Cl)CC=C2)N1. The van der Waals surface area contributed by atoms with Crippen molar-refractivity contribution in [3.63, 3.8) is 0 Å². The minimum atomic E-state index is -0.499. The van der Waals surface area contributed by atoms with E-state index in [-0.39, 0.29) is 41.1 Å². The van der Waals surface area contributed by atoms with E-state index in [1.165, 1.54) is 0 Å². The Morgan fingerprint density at radius 1 is 1.27 bits per heavy atom. The lowest BCUT2D eigenvalue weighted by Gasteiger charge is -2.43. The highest BCUT2D eigenvalue weighted by Crippen LogP contribution is 2.32. The predicted molar refractivity (Wildman–Crippen MR) is 128 cm³/mol.